The number of carbonyl (C=O) groups excluding carboxylic acids is 1. The van der Waals surface area contributed by atoms with Crippen LogP contribution in [-0.2, 0) is 19.1 Å². The summed E-state index contributed by atoms with van der Waals surface area (Å²) >= 11 is 0. The van der Waals surface area contributed by atoms with Gasteiger partial charge in [0.25, 0.3) is 10.1 Å². The van der Waals surface area contributed by atoms with Crippen LogP contribution in [-0.4, -0.2) is 26.1 Å². The van der Waals surface area contributed by atoms with Crippen LogP contribution in [0.4, 0.5) is 0 Å². The molecule has 2 aliphatic carbocycles. The van der Waals surface area contributed by atoms with Crippen molar-refractivity contribution in [3.8, 4) is 0 Å². The van der Waals surface area contributed by atoms with Crippen LogP contribution in [0.15, 0.2) is 0 Å². The molecule has 0 saturated heterocycles. The maximum atomic E-state index is 12.3. The van der Waals surface area contributed by atoms with Gasteiger partial charge in [0.1, 0.15) is 5.78 Å². The fraction of sp³-hybridized carbons (Fsp3) is 0.947. The molecule has 4 nitrogen and oxygen atoms in total. The van der Waals surface area contributed by atoms with Crippen molar-refractivity contribution in [2.45, 2.75) is 84.7 Å². The number of Topliss-reactive ketones (excluding diaryl/α,β-unsaturated/α-hetero) is 1. The van der Waals surface area contributed by atoms with Crippen LogP contribution in [0.1, 0.15) is 79.1 Å². The fourth-order valence-electron chi connectivity index (χ4n) is 5.41. The van der Waals surface area contributed by atoms with Crippen molar-refractivity contribution in [2.24, 2.45) is 23.2 Å². The minimum atomic E-state index is -3.42. The third-order valence-corrected chi connectivity index (χ3v) is 7.19. The lowest BCUT2D eigenvalue weighted by Gasteiger charge is -2.42. The standard InChI is InChI=1S/C19H34O4S/c1-14(8-6-12-18(2,3)23-24(5,21)22)15-10-11-16-17(20)9-7-13-19(15,16)4/h14-16H,6-13H2,1-5H3/t14-,15+,16?,19+/m0/s1. The molecule has 2 aliphatic rings. The molecule has 5 heteroatoms. The van der Waals surface area contributed by atoms with E-state index in [0.29, 0.717) is 17.6 Å². The topological polar surface area (TPSA) is 60.4 Å². The first-order valence-corrected chi connectivity index (χ1v) is 11.2. The molecule has 0 bridgehead atoms. The molecule has 4 atom stereocenters. The van der Waals surface area contributed by atoms with Gasteiger partial charge in [-0.1, -0.05) is 26.7 Å². The molecule has 140 valence electrons. The number of fused-ring (bicyclic) bond motifs is 1. The Hall–Kier alpha value is -0.420. The van der Waals surface area contributed by atoms with Gasteiger partial charge >= 0.3 is 0 Å². The largest absolute Gasteiger partial charge is 0.299 e. The fourth-order valence-corrected chi connectivity index (χ4v) is 6.31. The molecule has 0 radical (unpaired) electrons. The van der Waals surface area contributed by atoms with Gasteiger partial charge in [-0.3, -0.25) is 8.98 Å². The van der Waals surface area contributed by atoms with Gasteiger partial charge in [0.2, 0.25) is 0 Å². The SMILES string of the molecule is C[C@@H](CCCC(C)(C)OS(C)(=O)=O)[C@H]1CCC2C(=O)CCC[C@@]21C. The van der Waals surface area contributed by atoms with E-state index in [0.717, 1.165) is 51.2 Å². The van der Waals surface area contributed by atoms with E-state index in [1.807, 2.05) is 13.8 Å². The molecule has 0 heterocycles. The lowest BCUT2D eigenvalue weighted by molar-refractivity contribution is -0.130. The monoisotopic (exact) mass is 358 g/mol. The van der Waals surface area contributed by atoms with Crippen LogP contribution >= 0.6 is 0 Å². The number of hydrogen-bond acceptors (Lipinski definition) is 4. The number of hydrogen-bond donors (Lipinski definition) is 0. The van der Waals surface area contributed by atoms with Crippen molar-refractivity contribution in [1.29, 1.82) is 0 Å². The van der Waals surface area contributed by atoms with Crippen molar-refractivity contribution in [1.82, 2.24) is 0 Å². The van der Waals surface area contributed by atoms with Crippen molar-refractivity contribution in [2.75, 3.05) is 6.26 Å². The van der Waals surface area contributed by atoms with Crippen LogP contribution in [0.5, 0.6) is 0 Å². The predicted octanol–water partition coefficient (Wildman–Crippen LogP) is 4.33. The quantitative estimate of drug-likeness (QED) is 0.635. The molecule has 1 unspecified atom stereocenters. The van der Waals surface area contributed by atoms with Crippen LogP contribution < -0.4 is 0 Å². The van der Waals surface area contributed by atoms with Crippen LogP contribution in [0.3, 0.4) is 0 Å². The zero-order valence-corrected chi connectivity index (χ0v) is 16.7. The van der Waals surface area contributed by atoms with Gasteiger partial charge in [-0.25, -0.2) is 0 Å². The molecule has 0 aliphatic heterocycles. The minimum absolute atomic E-state index is 0.188. The molecule has 0 N–H and O–H groups in total. The Bertz CT molecular complexity index is 566. The number of carbonyl (C=O) groups is 1. The predicted molar refractivity (Wildman–Crippen MR) is 96.2 cm³/mol. The smallest absolute Gasteiger partial charge is 0.264 e. The molecule has 0 aromatic heterocycles. The van der Waals surface area contributed by atoms with E-state index < -0.39 is 15.7 Å². The van der Waals surface area contributed by atoms with Gasteiger partial charge in [0, 0.05) is 12.3 Å². The first kappa shape index (κ1) is 19.9. The zero-order chi connectivity index (χ0) is 18.2. The van der Waals surface area contributed by atoms with E-state index in [2.05, 4.69) is 13.8 Å². The van der Waals surface area contributed by atoms with Crippen LogP contribution in [0.25, 0.3) is 0 Å². The Labute approximate surface area is 147 Å². The molecule has 2 fully saturated rings. The van der Waals surface area contributed by atoms with Crippen molar-refractivity contribution in [3.05, 3.63) is 0 Å². The van der Waals surface area contributed by atoms with E-state index in [1.54, 1.807) is 0 Å². The molecule has 0 aromatic rings. The minimum Gasteiger partial charge on any atom is -0.299 e. The maximum Gasteiger partial charge on any atom is 0.264 e. The second kappa shape index (κ2) is 7.06. The molecular weight excluding hydrogens is 324 g/mol. The highest BCUT2D eigenvalue weighted by atomic mass is 32.2. The van der Waals surface area contributed by atoms with Gasteiger partial charge in [0.15, 0.2) is 0 Å². The summed E-state index contributed by atoms with van der Waals surface area (Å²) in [4.78, 5) is 12.3. The first-order chi connectivity index (χ1) is 10.9. The van der Waals surface area contributed by atoms with E-state index in [-0.39, 0.29) is 11.3 Å². The normalized spacial score (nSPS) is 32.6. The summed E-state index contributed by atoms with van der Waals surface area (Å²) in [5.74, 6) is 1.95. The van der Waals surface area contributed by atoms with Gasteiger partial charge < -0.3 is 0 Å². The Balaban J connectivity index is 1.89. The van der Waals surface area contributed by atoms with Crippen molar-refractivity contribution < 1.29 is 17.4 Å². The van der Waals surface area contributed by atoms with E-state index in [4.69, 9.17) is 4.18 Å². The van der Waals surface area contributed by atoms with Crippen molar-refractivity contribution in [3.63, 3.8) is 0 Å². The maximum absolute atomic E-state index is 12.3. The molecule has 0 spiro atoms. The summed E-state index contributed by atoms with van der Waals surface area (Å²) in [5.41, 5.74) is -0.455. The van der Waals surface area contributed by atoms with Crippen LogP contribution in [0, 0.1) is 23.2 Å². The average molecular weight is 359 g/mol. The molecule has 2 saturated carbocycles. The Morgan fingerprint density at radius 3 is 2.62 bits per heavy atom. The summed E-state index contributed by atoms with van der Waals surface area (Å²) in [7, 11) is -3.42. The van der Waals surface area contributed by atoms with Crippen molar-refractivity contribution >= 4 is 15.9 Å². The lowest BCUT2D eigenvalue weighted by Crippen LogP contribution is -2.39. The molecule has 0 amide bonds. The third kappa shape index (κ3) is 4.60. The summed E-state index contributed by atoms with van der Waals surface area (Å²) in [6.45, 7) is 8.32. The van der Waals surface area contributed by atoms with Gasteiger partial charge in [-0.05, 0) is 63.2 Å². The summed E-state index contributed by atoms with van der Waals surface area (Å²) in [5, 5.41) is 0. The van der Waals surface area contributed by atoms with Gasteiger partial charge in [0.05, 0.1) is 11.9 Å². The third-order valence-electron chi connectivity index (χ3n) is 6.44. The Morgan fingerprint density at radius 1 is 1.33 bits per heavy atom. The molecular formula is C19H34O4S. The Kier molecular flexibility index (Phi) is 5.86. The van der Waals surface area contributed by atoms with Gasteiger partial charge in [-0.2, -0.15) is 8.42 Å². The lowest BCUT2D eigenvalue weighted by atomic mass is 9.62. The first-order valence-electron chi connectivity index (χ1n) is 9.38. The molecule has 24 heavy (non-hydrogen) atoms. The summed E-state index contributed by atoms with van der Waals surface area (Å²) < 4.78 is 27.8. The summed E-state index contributed by atoms with van der Waals surface area (Å²) in [6, 6.07) is 0. The highest BCUT2D eigenvalue weighted by molar-refractivity contribution is 7.86. The molecule has 2 rings (SSSR count). The highest BCUT2D eigenvalue weighted by Crippen LogP contribution is 2.57. The average Bonchev–Trinajstić information content (AvgIpc) is 2.74. The van der Waals surface area contributed by atoms with Gasteiger partial charge in [-0.15, -0.1) is 0 Å². The number of ketones is 1. The summed E-state index contributed by atoms with van der Waals surface area (Å²) in [6.07, 6.45) is 9.09. The van der Waals surface area contributed by atoms with E-state index in [9.17, 15) is 13.2 Å². The second-order valence-corrected chi connectivity index (χ2v) is 10.6. The number of rotatable bonds is 7. The van der Waals surface area contributed by atoms with E-state index >= 15 is 0 Å². The van der Waals surface area contributed by atoms with Crippen LogP contribution in [0.2, 0.25) is 0 Å². The zero-order valence-electron chi connectivity index (χ0n) is 15.9. The highest BCUT2D eigenvalue weighted by Gasteiger charge is 2.52. The molecule has 0 aromatic carbocycles. The Morgan fingerprint density at radius 2 is 2.00 bits per heavy atom. The van der Waals surface area contributed by atoms with E-state index in [1.165, 1.54) is 6.42 Å². The second-order valence-electron chi connectivity index (χ2n) is 8.98.